The lowest BCUT2D eigenvalue weighted by molar-refractivity contribution is 0.311. The lowest BCUT2D eigenvalue weighted by Crippen LogP contribution is -2.32. The zero-order chi connectivity index (χ0) is 23.9. The molecule has 0 radical (unpaired) electrons. The molecule has 0 saturated heterocycles. The van der Waals surface area contributed by atoms with E-state index < -0.39 is 16.1 Å². The van der Waals surface area contributed by atoms with E-state index in [1.165, 1.54) is 12.8 Å². The number of aryl methyl sites for hydroxylation is 1. The first-order chi connectivity index (χ1) is 16.3. The minimum Gasteiger partial charge on any atom is -0.337 e. The van der Waals surface area contributed by atoms with Crippen LogP contribution in [-0.2, 0) is 10.0 Å². The Hall–Kier alpha value is -3.11. The third-order valence-corrected chi connectivity index (χ3v) is 7.84. The van der Waals surface area contributed by atoms with Crippen molar-refractivity contribution in [3.8, 4) is 11.4 Å². The molecule has 34 heavy (non-hydrogen) atoms. The highest BCUT2D eigenvalue weighted by atomic mass is 32.2. The summed E-state index contributed by atoms with van der Waals surface area (Å²) in [6.45, 7) is 5.71. The summed E-state index contributed by atoms with van der Waals surface area (Å²) >= 11 is 0. The molecular weight excluding hydrogens is 452 g/mol. The van der Waals surface area contributed by atoms with Crippen LogP contribution in [0.2, 0.25) is 0 Å². The van der Waals surface area contributed by atoms with Crippen molar-refractivity contribution in [3.05, 3.63) is 53.9 Å². The molecule has 1 saturated carbocycles. The summed E-state index contributed by atoms with van der Waals surface area (Å²) in [6, 6.07) is 12.2. The summed E-state index contributed by atoms with van der Waals surface area (Å²) in [7, 11) is -3.76. The van der Waals surface area contributed by atoms with Gasteiger partial charge in [0.15, 0.2) is 0 Å². The van der Waals surface area contributed by atoms with Crippen LogP contribution >= 0.6 is 0 Å². The number of sulfonamides is 1. The molecule has 178 valence electrons. The third kappa shape index (κ3) is 4.35. The third-order valence-electron chi connectivity index (χ3n) is 6.39. The molecule has 1 aliphatic rings. The first kappa shape index (κ1) is 22.7. The van der Waals surface area contributed by atoms with Gasteiger partial charge in [-0.3, -0.25) is 0 Å². The van der Waals surface area contributed by atoms with Gasteiger partial charge in [-0.15, -0.1) is 5.10 Å². The van der Waals surface area contributed by atoms with Crippen LogP contribution in [-0.4, -0.2) is 33.6 Å². The quantitative estimate of drug-likeness (QED) is 0.411. The number of hydrogen-bond acceptors (Lipinski definition) is 7. The van der Waals surface area contributed by atoms with E-state index in [-0.39, 0.29) is 16.7 Å². The number of aromatic nitrogens is 5. The van der Waals surface area contributed by atoms with E-state index in [0.29, 0.717) is 11.9 Å². The fourth-order valence-electron chi connectivity index (χ4n) is 4.40. The van der Waals surface area contributed by atoms with Crippen LogP contribution in [0.3, 0.4) is 0 Å². The molecule has 1 aliphatic carbocycles. The highest BCUT2D eigenvalue weighted by molar-refractivity contribution is 7.89. The highest BCUT2D eigenvalue weighted by Gasteiger charge is 2.29. The molecule has 0 amide bonds. The number of nitrogens with zero attached hydrogens (tertiary/aromatic N) is 5. The van der Waals surface area contributed by atoms with E-state index in [9.17, 15) is 8.42 Å². The average molecular weight is 481 g/mol. The summed E-state index contributed by atoms with van der Waals surface area (Å²) in [5, 5.41) is 12.8. The SMILES string of the molecule is Cc1ccc(S(=O)(=O)N[C@@H](c2nc(-c3ccc4c(c3)nnn4C3CCCC3)no2)C(C)C)cc1. The second kappa shape index (κ2) is 8.92. The molecule has 10 heteroatoms. The smallest absolute Gasteiger partial charge is 0.245 e. The number of hydrogen-bond donors (Lipinski definition) is 1. The van der Waals surface area contributed by atoms with Crippen LogP contribution < -0.4 is 4.72 Å². The van der Waals surface area contributed by atoms with Gasteiger partial charge < -0.3 is 4.52 Å². The second-order valence-corrected chi connectivity index (χ2v) is 11.0. The zero-order valence-electron chi connectivity index (χ0n) is 19.5. The van der Waals surface area contributed by atoms with Crippen molar-refractivity contribution in [1.82, 2.24) is 29.9 Å². The maximum atomic E-state index is 12.9. The maximum Gasteiger partial charge on any atom is 0.245 e. The van der Waals surface area contributed by atoms with Gasteiger partial charge in [-0.1, -0.05) is 54.8 Å². The van der Waals surface area contributed by atoms with Gasteiger partial charge in [-0.05, 0) is 56.0 Å². The Labute approximate surface area is 198 Å². The predicted molar refractivity (Wildman–Crippen MR) is 127 cm³/mol. The molecular formula is C24H28N6O3S. The number of fused-ring (bicyclic) bond motifs is 1. The van der Waals surface area contributed by atoms with Gasteiger partial charge >= 0.3 is 0 Å². The normalized spacial score (nSPS) is 16.0. The Morgan fingerprint density at radius 2 is 1.82 bits per heavy atom. The van der Waals surface area contributed by atoms with Crippen LogP contribution in [0.4, 0.5) is 0 Å². The van der Waals surface area contributed by atoms with Crippen molar-refractivity contribution in [1.29, 1.82) is 0 Å². The van der Waals surface area contributed by atoms with Crippen molar-refractivity contribution < 1.29 is 12.9 Å². The van der Waals surface area contributed by atoms with Crippen LogP contribution in [0.1, 0.15) is 63.1 Å². The minimum absolute atomic E-state index is 0.109. The fraction of sp³-hybridized carbons (Fsp3) is 0.417. The Morgan fingerprint density at radius 3 is 2.53 bits per heavy atom. The summed E-state index contributed by atoms with van der Waals surface area (Å²) in [6.07, 6.45) is 4.70. The van der Waals surface area contributed by atoms with Crippen LogP contribution in [0, 0.1) is 12.8 Å². The molecule has 0 unspecified atom stereocenters. The van der Waals surface area contributed by atoms with Crippen molar-refractivity contribution in [2.45, 2.75) is 63.4 Å². The van der Waals surface area contributed by atoms with Gasteiger partial charge in [-0.2, -0.15) is 9.71 Å². The van der Waals surface area contributed by atoms with Gasteiger partial charge in [0.2, 0.25) is 21.7 Å². The van der Waals surface area contributed by atoms with Gasteiger partial charge in [0.25, 0.3) is 0 Å². The molecule has 0 spiro atoms. The molecule has 9 nitrogen and oxygen atoms in total. The van der Waals surface area contributed by atoms with Crippen molar-refractivity contribution in [2.75, 3.05) is 0 Å². The minimum atomic E-state index is -3.76. The summed E-state index contributed by atoms with van der Waals surface area (Å²) in [4.78, 5) is 4.72. The van der Waals surface area contributed by atoms with E-state index in [1.54, 1.807) is 24.3 Å². The van der Waals surface area contributed by atoms with Crippen LogP contribution in [0.15, 0.2) is 51.9 Å². The Morgan fingerprint density at radius 1 is 1.09 bits per heavy atom. The Balaban J connectivity index is 1.41. The molecule has 0 aliphatic heterocycles. The lowest BCUT2D eigenvalue weighted by atomic mass is 10.1. The zero-order valence-corrected chi connectivity index (χ0v) is 20.3. The Kier molecular flexibility index (Phi) is 5.95. The van der Waals surface area contributed by atoms with Gasteiger partial charge in [0.1, 0.15) is 11.6 Å². The van der Waals surface area contributed by atoms with E-state index in [2.05, 4.69) is 25.2 Å². The number of benzene rings is 2. The van der Waals surface area contributed by atoms with Crippen molar-refractivity contribution in [2.24, 2.45) is 5.92 Å². The summed E-state index contributed by atoms with van der Waals surface area (Å²) in [5.74, 6) is 0.491. The van der Waals surface area contributed by atoms with Crippen molar-refractivity contribution in [3.63, 3.8) is 0 Å². The topological polar surface area (TPSA) is 116 Å². The molecule has 2 aromatic heterocycles. The van der Waals surface area contributed by atoms with Crippen LogP contribution in [0.5, 0.6) is 0 Å². The second-order valence-electron chi connectivity index (χ2n) is 9.29. The first-order valence-electron chi connectivity index (χ1n) is 11.6. The van der Waals surface area contributed by atoms with E-state index in [4.69, 9.17) is 4.52 Å². The molecule has 1 fully saturated rings. The predicted octanol–water partition coefficient (Wildman–Crippen LogP) is 4.58. The first-order valence-corrected chi connectivity index (χ1v) is 13.1. The van der Waals surface area contributed by atoms with Crippen molar-refractivity contribution >= 4 is 21.1 Å². The maximum absolute atomic E-state index is 12.9. The van der Waals surface area contributed by atoms with Gasteiger partial charge in [0.05, 0.1) is 16.5 Å². The number of rotatable bonds is 7. The molecule has 1 N–H and O–H groups in total. The van der Waals surface area contributed by atoms with E-state index in [0.717, 1.165) is 35.0 Å². The van der Waals surface area contributed by atoms with E-state index >= 15 is 0 Å². The molecule has 1 atom stereocenters. The van der Waals surface area contributed by atoms with Gasteiger partial charge in [-0.25, -0.2) is 13.1 Å². The average Bonchev–Trinajstić information content (AvgIpc) is 3.57. The highest BCUT2D eigenvalue weighted by Crippen LogP contribution is 2.32. The largest absolute Gasteiger partial charge is 0.337 e. The molecule has 0 bridgehead atoms. The monoisotopic (exact) mass is 480 g/mol. The summed E-state index contributed by atoms with van der Waals surface area (Å²) in [5.41, 5.74) is 3.49. The standard InChI is InChI=1S/C24H28N6O3S/c1-15(2)22(28-34(31,32)19-11-8-16(3)9-12-19)24-25-23(27-33-24)17-10-13-21-20(14-17)26-29-30(21)18-6-4-5-7-18/h8-15,18,22,28H,4-7H2,1-3H3/t22-/m1/s1. The molecule has 2 aromatic carbocycles. The Bertz CT molecular complexity index is 1400. The molecule has 2 heterocycles. The summed E-state index contributed by atoms with van der Waals surface area (Å²) < 4.78 is 36.1. The van der Waals surface area contributed by atoms with Crippen LogP contribution in [0.25, 0.3) is 22.4 Å². The molecule has 4 aromatic rings. The number of nitrogens with one attached hydrogen (secondary N) is 1. The fourth-order valence-corrected chi connectivity index (χ4v) is 5.74. The van der Waals surface area contributed by atoms with Gasteiger partial charge in [0, 0.05) is 5.56 Å². The molecule has 5 rings (SSSR count). The lowest BCUT2D eigenvalue weighted by Gasteiger charge is -2.18. The van der Waals surface area contributed by atoms with E-state index in [1.807, 2.05) is 43.7 Å².